The summed E-state index contributed by atoms with van der Waals surface area (Å²) in [5, 5.41) is 10.5. The van der Waals surface area contributed by atoms with Crippen LogP contribution in [0.5, 0.6) is 0 Å². The highest BCUT2D eigenvalue weighted by molar-refractivity contribution is 7.43. The first kappa shape index (κ1) is 6.71. The molecule has 0 radical (unpaired) electrons. The summed E-state index contributed by atoms with van der Waals surface area (Å²) < 4.78 is 15.8. The maximum Gasteiger partial charge on any atom is 0.340 e. The Hall–Kier alpha value is 0.230. The quantitative estimate of drug-likeness (QED) is 0.554. The fourth-order valence-corrected chi connectivity index (χ4v) is 3.03. The summed E-state index contributed by atoms with van der Waals surface area (Å²) in [6.07, 6.45) is 1.77. The Morgan fingerprint density at radius 1 is 1.55 bits per heavy atom. The first-order valence-corrected chi connectivity index (χ1v) is 4.72. The molecule has 11 heavy (non-hydrogen) atoms. The van der Waals surface area contributed by atoms with Gasteiger partial charge in [0.1, 0.15) is 6.10 Å². The van der Waals surface area contributed by atoms with Crippen LogP contribution in [0.1, 0.15) is 12.8 Å². The van der Waals surface area contributed by atoms with Gasteiger partial charge in [-0.05, 0) is 12.8 Å². The Kier molecular flexibility index (Phi) is 1.18. The Bertz CT molecular complexity index is 195. The molecule has 4 saturated heterocycles. The molecule has 0 amide bonds. The molecule has 2 bridgehead atoms. The molecule has 6 heteroatoms. The summed E-state index contributed by atoms with van der Waals surface area (Å²) in [4.78, 5) is 0. The first-order chi connectivity index (χ1) is 5.31. The van der Waals surface area contributed by atoms with Gasteiger partial charge >= 0.3 is 8.60 Å². The van der Waals surface area contributed by atoms with Crippen molar-refractivity contribution in [3.05, 3.63) is 0 Å². The van der Waals surface area contributed by atoms with Crippen LogP contribution in [0.2, 0.25) is 0 Å². The van der Waals surface area contributed by atoms with Crippen LogP contribution in [-0.4, -0.2) is 28.8 Å². The van der Waals surface area contributed by atoms with E-state index in [9.17, 15) is 5.21 Å². The topological polar surface area (TPSA) is 51.2 Å². The lowest BCUT2D eigenvalue weighted by atomic mass is 10.1. The van der Waals surface area contributed by atoms with Crippen LogP contribution in [0.4, 0.5) is 0 Å². The van der Waals surface area contributed by atoms with Gasteiger partial charge in [-0.2, -0.15) is 0 Å². The molecule has 0 aromatic rings. The standard InChI is InChI=1S/C5H8NO4P/c7-6-3-1-2-4-5(6)9-11(8-4)10-5/h4,7H,1-3H2. The molecule has 1 atom stereocenters. The summed E-state index contributed by atoms with van der Waals surface area (Å²) in [6, 6.07) is 0. The Morgan fingerprint density at radius 2 is 2.36 bits per heavy atom. The second-order valence-electron chi connectivity index (χ2n) is 2.90. The van der Waals surface area contributed by atoms with Crippen LogP contribution in [-0.2, 0) is 13.6 Å². The molecule has 4 aliphatic heterocycles. The molecule has 1 spiro atoms. The fraction of sp³-hybridized carbons (Fsp3) is 1.00. The number of hydroxylamine groups is 2. The summed E-state index contributed by atoms with van der Waals surface area (Å²) >= 11 is 0. The van der Waals surface area contributed by atoms with E-state index in [1.807, 2.05) is 0 Å². The molecule has 4 heterocycles. The average Bonchev–Trinajstić information content (AvgIpc) is 2.40. The van der Waals surface area contributed by atoms with E-state index in [4.69, 9.17) is 13.6 Å². The zero-order chi connectivity index (χ0) is 7.47. The smallest absolute Gasteiger partial charge is 0.309 e. The molecule has 62 valence electrons. The molecule has 4 aliphatic rings. The van der Waals surface area contributed by atoms with Crippen molar-refractivity contribution in [3.63, 3.8) is 0 Å². The molecule has 0 aromatic heterocycles. The van der Waals surface area contributed by atoms with E-state index >= 15 is 0 Å². The minimum atomic E-state index is -1.11. The second-order valence-corrected chi connectivity index (χ2v) is 3.92. The lowest BCUT2D eigenvalue weighted by Crippen LogP contribution is -2.59. The zero-order valence-corrected chi connectivity index (χ0v) is 6.66. The summed E-state index contributed by atoms with van der Waals surface area (Å²) in [6.45, 7) is 0.600. The van der Waals surface area contributed by atoms with Gasteiger partial charge in [-0.1, -0.05) is 0 Å². The number of rotatable bonds is 0. The van der Waals surface area contributed by atoms with E-state index in [1.165, 1.54) is 0 Å². The summed E-state index contributed by atoms with van der Waals surface area (Å²) in [5.41, 5.74) is 0. The van der Waals surface area contributed by atoms with E-state index in [-0.39, 0.29) is 6.10 Å². The minimum absolute atomic E-state index is 0.0765. The van der Waals surface area contributed by atoms with Crippen molar-refractivity contribution in [3.8, 4) is 0 Å². The third-order valence-corrected chi connectivity index (χ3v) is 3.47. The third-order valence-electron chi connectivity index (χ3n) is 2.23. The molecular weight excluding hydrogens is 169 g/mol. The van der Waals surface area contributed by atoms with Gasteiger partial charge in [-0.25, -0.2) is 0 Å². The zero-order valence-electron chi connectivity index (χ0n) is 5.77. The molecule has 4 rings (SSSR count). The largest absolute Gasteiger partial charge is 0.340 e. The van der Waals surface area contributed by atoms with Crippen molar-refractivity contribution in [2.24, 2.45) is 0 Å². The lowest BCUT2D eigenvalue weighted by molar-refractivity contribution is -0.374. The van der Waals surface area contributed by atoms with E-state index in [0.717, 1.165) is 17.9 Å². The Morgan fingerprint density at radius 3 is 3.09 bits per heavy atom. The number of hydrogen-bond acceptors (Lipinski definition) is 5. The van der Waals surface area contributed by atoms with E-state index in [2.05, 4.69) is 0 Å². The first-order valence-electron chi connectivity index (χ1n) is 3.63. The molecule has 0 aromatic carbocycles. The Labute approximate surface area is 64.8 Å². The van der Waals surface area contributed by atoms with Crippen LogP contribution in [0.3, 0.4) is 0 Å². The predicted octanol–water partition coefficient (Wildman–Crippen LogP) is 0.798. The van der Waals surface area contributed by atoms with Crippen molar-refractivity contribution < 1.29 is 18.8 Å². The van der Waals surface area contributed by atoms with Gasteiger partial charge in [0.15, 0.2) is 0 Å². The van der Waals surface area contributed by atoms with Gasteiger partial charge < -0.3 is 9.73 Å². The number of nitrogens with zero attached hydrogens (tertiary/aromatic N) is 1. The highest BCUT2D eigenvalue weighted by Gasteiger charge is 2.69. The maximum atomic E-state index is 9.39. The third kappa shape index (κ3) is 0.667. The van der Waals surface area contributed by atoms with Crippen molar-refractivity contribution in [2.75, 3.05) is 6.54 Å². The average molecular weight is 177 g/mol. The van der Waals surface area contributed by atoms with Gasteiger partial charge in [0, 0.05) is 6.54 Å². The van der Waals surface area contributed by atoms with Gasteiger partial charge in [-0.3, -0.25) is 9.05 Å². The SMILES string of the molecule is ON1CCCC2OP3OC21O3. The molecule has 0 saturated carbocycles. The minimum Gasteiger partial charge on any atom is -0.309 e. The second kappa shape index (κ2) is 1.93. The highest BCUT2D eigenvalue weighted by atomic mass is 31.2. The van der Waals surface area contributed by atoms with Crippen LogP contribution in [0, 0.1) is 0 Å². The van der Waals surface area contributed by atoms with E-state index in [0.29, 0.717) is 6.54 Å². The van der Waals surface area contributed by atoms with Crippen molar-refractivity contribution >= 4 is 8.60 Å². The van der Waals surface area contributed by atoms with Gasteiger partial charge in [0.05, 0.1) is 0 Å². The number of hydrogen-bond donors (Lipinski definition) is 1. The summed E-state index contributed by atoms with van der Waals surface area (Å²) in [5.74, 6) is -0.913. The molecule has 1 N–H and O–H groups in total. The van der Waals surface area contributed by atoms with E-state index < -0.39 is 14.5 Å². The predicted molar refractivity (Wildman–Crippen MR) is 34.4 cm³/mol. The van der Waals surface area contributed by atoms with Gasteiger partial charge in [0.2, 0.25) is 0 Å². The van der Waals surface area contributed by atoms with Crippen LogP contribution in [0.15, 0.2) is 0 Å². The van der Waals surface area contributed by atoms with Gasteiger partial charge in [-0.15, -0.1) is 5.06 Å². The molecule has 4 fully saturated rings. The van der Waals surface area contributed by atoms with Gasteiger partial charge in [0.25, 0.3) is 5.91 Å². The highest BCUT2D eigenvalue weighted by Crippen LogP contribution is 2.70. The maximum absolute atomic E-state index is 9.39. The molecule has 0 aliphatic carbocycles. The van der Waals surface area contributed by atoms with Crippen LogP contribution >= 0.6 is 8.60 Å². The monoisotopic (exact) mass is 177 g/mol. The molecule has 5 nitrogen and oxygen atoms in total. The normalized spacial score (nSPS) is 55.4. The fourth-order valence-electron chi connectivity index (χ4n) is 1.63. The van der Waals surface area contributed by atoms with Crippen molar-refractivity contribution in [1.82, 2.24) is 5.06 Å². The van der Waals surface area contributed by atoms with Crippen molar-refractivity contribution in [1.29, 1.82) is 0 Å². The number of piperidine rings is 1. The summed E-state index contributed by atoms with van der Waals surface area (Å²) in [7, 11) is -1.11. The molecular formula is C5H8NO4P. The molecule has 1 unspecified atom stereocenters. The lowest BCUT2D eigenvalue weighted by Gasteiger charge is -2.43. The van der Waals surface area contributed by atoms with E-state index in [1.54, 1.807) is 0 Å². The van der Waals surface area contributed by atoms with Crippen LogP contribution < -0.4 is 0 Å². The van der Waals surface area contributed by atoms with Crippen LogP contribution in [0.25, 0.3) is 0 Å². The Balaban J connectivity index is 1.93. The van der Waals surface area contributed by atoms with Crippen molar-refractivity contribution in [2.45, 2.75) is 24.9 Å².